The zero-order chi connectivity index (χ0) is 21.7. The average Bonchev–Trinajstić information content (AvgIpc) is 2.97. The van der Waals surface area contributed by atoms with Crippen molar-refractivity contribution in [3.05, 3.63) is 0 Å². The molecule has 0 saturated carbocycles. The molecule has 1 unspecified atom stereocenters. The first-order valence-electron chi connectivity index (χ1n) is 8.63. The number of nitrogens with two attached hydrogens (primary N) is 3. The van der Waals surface area contributed by atoms with Gasteiger partial charge < -0.3 is 32.4 Å². The summed E-state index contributed by atoms with van der Waals surface area (Å²) in [7, 11) is -6.19. The molecule has 9 N–H and O–H groups in total. The highest BCUT2D eigenvalue weighted by Crippen LogP contribution is 2.33. The van der Waals surface area contributed by atoms with Crippen molar-refractivity contribution in [3.8, 4) is 0 Å². The standard InChI is InChI=1S/C13H27BFN5O7S/c15-4-5-20(11(21)10(17)6-16)28(26,27)19-7-9(2-1-3-14(24)25)13(18,8-19)12(22)23/h9-10,24-25H,1-8,16-18H2,(H,22,23)/t9-,10?,13-/m0/s1. The molecule has 162 valence electrons. The molecule has 0 aromatic carbocycles. The Bertz CT molecular complexity index is 670. The lowest BCUT2D eigenvalue weighted by Crippen LogP contribution is -2.57. The molecule has 0 aromatic heterocycles. The fourth-order valence-electron chi connectivity index (χ4n) is 3.05. The van der Waals surface area contributed by atoms with Crippen LogP contribution in [0.3, 0.4) is 0 Å². The first-order chi connectivity index (χ1) is 12.9. The van der Waals surface area contributed by atoms with E-state index in [1.165, 1.54) is 0 Å². The van der Waals surface area contributed by atoms with Crippen molar-refractivity contribution in [2.75, 3.05) is 32.9 Å². The maximum absolute atomic E-state index is 12.9. The second-order valence-corrected chi connectivity index (χ2v) is 8.55. The van der Waals surface area contributed by atoms with E-state index in [0.29, 0.717) is 4.31 Å². The number of alkyl halides is 1. The number of halogens is 1. The number of carboxylic acid groups (broad SMARTS) is 1. The van der Waals surface area contributed by atoms with Crippen LogP contribution in [0.25, 0.3) is 0 Å². The van der Waals surface area contributed by atoms with E-state index in [-0.39, 0.29) is 36.6 Å². The quantitative estimate of drug-likeness (QED) is 0.177. The largest absolute Gasteiger partial charge is 0.480 e. The van der Waals surface area contributed by atoms with Gasteiger partial charge in [0.15, 0.2) is 0 Å². The van der Waals surface area contributed by atoms with Crippen LogP contribution in [-0.2, 0) is 19.8 Å². The molecule has 12 nitrogen and oxygen atoms in total. The van der Waals surface area contributed by atoms with Crippen LogP contribution in [0.1, 0.15) is 12.8 Å². The van der Waals surface area contributed by atoms with Crippen molar-refractivity contribution in [3.63, 3.8) is 0 Å². The maximum atomic E-state index is 12.9. The fourth-order valence-corrected chi connectivity index (χ4v) is 4.74. The number of carboxylic acids is 1. The van der Waals surface area contributed by atoms with Crippen molar-refractivity contribution in [1.29, 1.82) is 0 Å². The summed E-state index contributed by atoms with van der Waals surface area (Å²) in [4.78, 5) is 23.9. The Balaban J connectivity index is 3.12. The molecule has 1 rings (SSSR count). The molecule has 0 spiro atoms. The Labute approximate surface area is 162 Å². The van der Waals surface area contributed by atoms with Crippen molar-refractivity contribution in [1.82, 2.24) is 8.61 Å². The van der Waals surface area contributed by atoms with Crippen LogP contribution in [0.15, 0.2) is 0 Å². The molecule has 0 aromatic rings. The molecule has 0 bridgehead atoms. The van der Waals surface area contributed by atoms with E-state index in [1.807, 2.05) is 0 Å². The van der Waals surface area contributed by atoms with Gasteiger partial charge in [0, 0.05) is 25.6 Å². The van der Waals surface area contributed by atoms with Crippen molar-refractivity contribution in [2.24, 2.45) is 23.1 Å². The number of rotatable bonds is 11. The number of hydrogen-bond acceptors (Lipinski definition) is 9. The minimum Gasteiger partial charge on any atom is -0.480 e. The second-order valence-electron chi connectivity index (χ2n) is 6.70. The van der Waals surface area contributed by atoms with E-state index in [9.17, 15) is 27.5 Å². The lowest BCUT2D eigenvalue weighted by Gasteiger charge is -2.29. The van der Waals surface area contributed by atoms with Crippen LogP contribution in [-0.4, -0.2) is 95.6 Å². The predicted octanol–water partition coefficient (Wildman–Crippen LogP) is -3.72. The maximum Gasteiger partial charge on any atom is 0.451 e. The minimum atomic E-state index is -4.60. The molecule has 3 atom stereocenters. The third kappa shape index (κ3) is 5.37. The number of hydrogen-bond donors (Lipinski definition) is 6. The van der Waals surface area contributed by atoms with Crippen LogP contribution in [0.2, 0.25) is 6.32 Å². The lowest BCUT2D eigenvalue weighted by atomic mass is 9.78. The number of aliphatic carboxylic acids is 1. The number of carbonyl (C=O) groups is 2. The Morgan fingerprint density at radius 2 is 2.00 bits per heavy atom. The van der Waals surface area contributed by atoms with Crippen LogP contribution in [0.5, 0.6) is 0 Å². The summed E-state index contributed by atoms with van der Waals surface area (Å²) in [6, 6.07) is -1.37. The van der Waals surface area contributed by atoms with E-state index in [2.05, 4.69) is 0 Å². The molecule has 15 heteroatoms. The summed E-state index contributed by atoms with van der Waals surface area (Å²) in [5.41, 5.74) is 14.7. The first kappa shape index (κ1) is 24.7. The summed E-state index contributed by atoms with van der Waals surface area (Å²) in [5.74, 6) is -3.41. The summed E-state index contributed by atoms with van der Waals surface area (Å²) >= 11 is 0. The zero-order valence-corrected chi connectivity index (χ0v) is 16.1. The first-order valence-corrected chi connectivity index (χ1v) is 10.0. The Morgan fingerprint density at radius 3 is 2.46 bits per heavy atom. The fraction of sp³-hybridized carbons (Fsp3) is 0.846. The molecular formula is C13H27BFN5O7S. The van der Waals surface area contributed by atoms with Crippen LogP contribution >= 0.6 is 0 Å². The Hall–Kier alpha value is -1.36. The van der Waals surface area contributed by atoms with Crippen LogP contribution in [0.4, 0.5) is 4.39 Å². The van der Waals surface area contributed by atoms with Gasteiger partial charge in [-0.1, -0.05) is 6.42 Å². The van der Waals surface area contributed by atoms with Crippen molar-refractivity contribution >= 4 is 29.2 Å². The number of carbonyl (C=O) groups excluding carboxylic acids is 1. The third-order valence-electron chi connectivity index (χ3n) is 4.71. The van der Waals surface area contributed by atoms with Gasteiger partial charge in [0.05, 0.1) is 12.6 Å². The molecule has 0 aliphatic carbocycles. The topological polar surface area (TPSA) is 214 Å². The van der Waals surface area contributed by atoms with Gasteiger partial charge in [-0.25, -0.2) is 8.70 Å². The van der Waals surface area contributed by atoms with Gasteiger partial charge >= 0.3 is 23.3 Å². The molecule has 1 fully saturated rings. The van der Waals surface area contributed by atoms with E-state index < -0.39 is 66.5 Å². The summed E-state index contributed by atoms with van der Waals surface area (Å²) < 4.78 is 39.5. The molecule has 0 radical (unpaired) electrons. The summed E-state index contributed by atoms with van der Waals surface area (Å²) in [6.45, 7) is -3.29. The van der Waals surface area contributed by atoms with Gasteiger partial charge in [-0.15, -0.1) is 0 Å². The predicted molar refractivity (Wildman–Crippen MR) is 97.5 cm³/mol. The molecule has 1 aliphatic rings. The SMILES string of the molecule is NCC(N)C(=O)N(CCF)S(=O)(=O)N1C[C@H](CCCB(O)O)[C@](N)(C(=O)O)C1. The van der Waals surface area contributed by atoms with E-state index in [0.717, 1.165) is 0 Å². The molecule has 1 saturated heterocycles. The highest BCUT2D eigenvalue weighted by Gasteiger charge is 2.53. The van der Waals surface area contributed by atoms with Crippen molar-refractivity contribution in [2.45, 2.75) is 30.7 Å². The highest BCUT2D eigenvalue weighted by molar-refractivity contribution is 7.87. The summed E-state index contributed by atoms with van der Waals surface area (Å²) in [5, 5.41) is 27.3. The van der Waals surface area contributed by atoms with Crippen LogP contribution in [0, 0.1) is 5.92 Å². The molecule has 1 heterocycles. The monoisotopic (exact) mass is 427 g/mol. The zero-order valence-electron chi connectivity index (χ0n) is 15.3. The molecule has 1 amide bonds. The van der Waals surface area contributed by atoms with Crippen LogP contribution < -0.4 is 17.2 Å². The third-order valence-corrected chi connectivity index (χ3v) is 6.56. The van der Waals surface area contributed by atoms with Crippen molar-refractivity contribution < 1.29 is 37.6 Å². The average molecular weight is 427 g/mol. The smallest absolute Gasteiger partial charge is 0.451 e. The Morgan fingerprint density at radius 1 is 1.39 bits per heavy atom. The Kier molecular flexibility index (Phi) is 8.74. The highest BCUT2D eigenvalue weighted by atomic mass is 32.2. The lowest BCUT2D eigenvalue weighted by molar-refractivity contribution is -0.144. The molecule has 28 heavy (non-hydrogen) atoms. The van der Waals surface area contributed by atoms with Gasteiger partial charge in [0.1, 0.15) is 12.2 Å². The van der Waals surface area contributed by atoms with E-state index >= 15 is 0 Å². The summed E-state index contributed by atoms with van der Waals surface area (Å²) in [6.07, 6.45) is 0.246. The van der Waals surface area contributed by atoms with Gasteiger partial charge in [-0.2, -0.15) is 12.7 Å². The van der Waals surface area contributed by atoms with Gasteiger partial charge in [-0.3, -0.25) is 9.59 Å². The van der Waals surface area contributed by atoms with Gasteiger partial charge in [0.2, 0.25) is 0 Å². The van der Waals surface area contributed by atoms with Gasteiger partial charge in [0.25, 0.3) is 5.91 Å². The minimum absolute atomic E-state index is 0.0449. The number of amides is 1. The number of nitrogens with zero attached hydrogens (tertiary/aromatic N) is 2. The van der Waals surface area contributed by atoms with E-state index in [4.69, 9.17) is 27.2 Å². The normalized spacial score (nSPS) is 24.1. The second kappa shape index (κ2) is 9.91. The van der Waals surface area contributed by atoms with E-state index in [1.54, 1.807) is 0 Å². The van der Waals surface area contributed by atoms with Gasteiger partial charge in [-0.05, 0) is 12.7 Å². The molecule has 1 aliphatic heterocycles. The molecular weight excluding hydrogens is 400 g/mol.